The Morgan fingerprint density at radius 1 is 1.60 bits per heavy atom. The van der Waals surface area contributed by atoms with Crippen molar-refractivity contribution in [3.05, 3.63) is 0 Å². The number of hydrogen-bond donors (Lipinski definition) is 1. The van der Waals surface area contributed by atoms with E-state index >= 15 is 0 Å². The van der Waals surface area contributed by atoms with E-state index in [2.05, 4.69) is 6.92 Å². The maximum Gasteiger partial charge on any atom is 0.235 e. The van der Waals surface area contributed by atoms with Gasteiger partial charge in [0.05, 0.1) is 10.4 Å². The van der Waals surface area contributed by atoms with Gasteiger partial charge in [-0.05, 0) is 26.2 Å². The molecule has 86 valence electrons. The van der Waals surface area contributed by atoms with Gasteiger partial charge in [0.15, 0.2) is 0 Å². The van der Waals surface area contributed by atoms with Crippen molar-refractivity contribution in [1.29, 1.82) is 0 Å². The van der Waals surface area contributed by atoms with Crippen molar-refractivity contribution < 1.29 is 4.79 Å². The Balaban J connectivity index is 2.66. The van der Waals surface area contributed by atoms with Gasteiger partial charge in [-0.25, -0.2) is 0 Å². The molecular weight excluding hydrogens is 208 g/mol. The zero-order valence-electron chi connectivity index (χ0n) is 9.75. The van der Waals surface area contributed by atoms with E-state index in [-0.39, 0.29) is 10.9 Å². The third kappa shape index (κ3) is 2.48. The molecule has 0 aliphatic carbocycles. The van der Waals surface area contributed by atoms with Gasteiger partial charge in [0.1, 0.15) is 0 Å². The molecule has 0 bridgehead atoms. The zero-order valence-corrected chi connectivity index (χ0v) is 10.6. The highest BCUT2D eigenvalue weighted by Crippen LogP contribution is 2.26. The first-order valence-electron chi connectivity index (χ1n) is 5.48. The Morgan fingerprint density at radius 2 is 2.20 bits per heavy atom. The van der Waals surface area contributed by atoms with E-state index in [1.54, 1.807) is 13.8 Å². The standard InChI is InChI=1S/C11H20N2OS/c1-4-8-5-6-13(7-8)10(14)11(2,3)9(12)15/h8H,4-7H2,1-3H3,(H2,12,15). The van der Waals surface area contributed by atoms with Crippen LogP contribution in [0, 0.1) is 11.3 Å². The minimum atomic E-state index is -0.696. The molecule has 3 nitrogen and oxygen atoms in total. The Kier molecular flexibility index (Phi) is 3.71. The smallest absolute Gasteiger partial charge is 0.235 e. The van der Waals surface area contributed by atoms with E-state index < -0.39 is 5.41 Å². The van der Waals surface area contributed by atoms with Crippen molar-refractivity contribution in [2.24, 2.45) is 17.1 Å². The number of nitrogens with zero attached hydrogens (tertiary/aromatic N) is 1. The van der Waals surface area contributed by atoms with Crippen LogP contribution in [0.1, 0.15) is 33.6 Å². The maximum atomic E-state index is 12.1. The third-order valence-electron chi connectivity index (χ3n) is 3.30. The fourth-order valence-electron chi connectivity index (χ4n) is 1.85. The van der Waals surface area contributed by atoms with Gasteiger partial charge in [-0.3, -0.25) is 4.79 Å². The van der Waals surface area contributed by atoms with Crippen molar-refractivity contribution in [2.75, 3.05) is 13.1 Å². The highest BCUT2D eigenvalue weighted by atomic mass is 32.1. The lowest BCUT2D eigenvalue weighted by atomic mass is 9.91. The fourth-order valence-corrected chi connectivity index (χ4v) is 1.94. The molecule has 1 fully saturated rings. The van der Waals surface area contributed by atoms with Crippen LogP contribution in [0.25, 0.3) is 0 Å². The van der Waals surface area contributed by atoms with Crippen LogP contribution in [-0.4, -0.2) is 28.9 Å². The van der Waals surface area contributed by atoms with Gasteiger partial charge in [0.2, 0.25) is 5.91 Å². The van der Waals surface area contributed by atoms with Crippen molar-refractivity contribution in [2.45, 2.75) is 33.6 Å². The molecule has 1 saturated heterocycles. The largest absolute Gasteiger partial charge is 0.392 e. The number of carbonyl (C=O) groups excluding carboxylic acids is 1. The second-order valence-corrected chi connectivity index (χ2v) is 5.24. The molecule has 1 aliphatic heterocycles. The van der Waals surface area contributed by atoms with E-state index in [1.165, 1.54) is 0 Å². The average Bonchev–Trinajstić information content (AvgIpc) is 2.64. The molecule has 1 aliphatic rings. The molecule has 0 spiro atoms. The van der Waals surface area contributed by atoms with Crippen LogP contribution in [0.4, 0.5) is 0 Å². The first-order valence-corrected chi connectivity index (χ1v) is 5.89. The van der Waals surface area contributed by atoms with Gasteiger partial charge in [-0.2, -0.15) is 0 Å². The summed E-state index contributed by atoms with van der Waals surface area (Å²) in [5, 5.41) is 0. The molecule has 1 rings (SSSR count). The highest BCUT2D eigenvalue weighted by Gasteiger charge is 2.37. The van der Waals surface area contributed by atoms with E-state index in [9.17, 15) is 4.79 Å². The molecule has 1 amide bonds. The predicted octanol–water partition coefficient (Wildman–Crippen LogP) is 1.56. The number of rotatable bonds is 3. The number of thiocarbonyl (C=S) groups is 1. The number of carbonyl (C=O) groups is 1. The minimum absolute atomic E-state index is 0.0750. The quantitative estimate of drug-likeness (QED) is 0.746. The molecule has 0 radical (unpaired) electrons. The molecule has 4 heteroatoms. The van der Waals surface area contributed by atoms with Crippen LogP contribution in [0.2, 0.25) is 0 Å². The van der Waals surface area contributed by atoms with Gasteiger partial charge >= 0.3 is 0 Å². The number of hydrogen-bond acceptors (Lipinski definition) is 2. The molecule has 1 heterocycles. The van der Waals surface area contributed by atoms with Crippen LogP contribution in [0.3, 0.4) is 0 Å². The second-order valence-electron chi connectivity index (χ2n) is 4.80. The maximum absolute atomic E-state index is 12.1. The van der Waals surface area contributed by atoms with Crippen LogP contribution in [0.5, 0.6) is 0 Å². The van der Waals surface area contributed by atoms with Crippen molar-refractivity contribution in [3.63, 3.8) is 0 Å². The van der Waals surface area contributed by atoms with E-state index in [1.807, 2.05) is 4.90 Å². The molecular formula is C11H20N2OS. The molecule has 2 N–H and O–H groups in total. The highest BCUT2D eigenvalue weighted by molar-refractivity contribution is 7.80. The zero-order chi connectivity index (χ0) is 11.6. The summed E-state index contributed by atoms with van der Waals surface area (Å²) in [7, 11) is 0. The molecule has 0 aromatic carbocycles. The Hall–Kier alpha value is -0.640. The Morgan fingerprint density at radius 3 is 2.60 bits per heavy atom. The van der Waals surface area contributed by atoms with E-state index in [0.29, 0.717) is 5.92 Å². The van der Waals surface area contributed by atoms with Crippen LogP contribution in [0.15, 0.2) is 0 Å². The van der Waals surface area contributed by atoms with Gasteiger partial charge in [-0.1, -0.05) is 25.6 Å². The lowest BCUT2D eigenvalue weighted by Crippen LogP contribution is -2.46. The first-order chi connectivity index (χ1) is 6.89. The molecule has 0 aromatic rings. The summed E-state index contributed by atoms with van der Waals surface area (Å²) in [6, 6.07) is 0. The minimum Gasteiger partial charge on any atom is -0.392 e. The topological polar surface area (TPSA) is 46.3 Å². The van der Waals surface area contributed by atoms with Crippen LogP contribution >= 0.6 is 12.2 Å². The second kappa shape index (κ2) is 4.47. The third-order valence-corrected chi connectivity index (χ3v) is 3.81. The number of likely N-dealkylation sites (tertiary alicyclic amines) is 1. The van der Waals surface area contributed by atoms with Gasteiger partial charge in [0, 0.05) is 13.1 Å². The molecule has 1 unspecified atom stereocenters. The van der Waals surface area contributed by atoms with Gasteiger partial charge < -0.3 is 10.6 Å². The lowest BCUT2D eigenvalue weighted by Gasteiger charge is -2.28. The molecule has 0 saturated carbocycles. The summed E-state index contributed by atoms with van der Waals surface area (Å²) in [6.45, 7) is 7.48. The summed E-state index contributed by atoms with van der Waals surface area (Å²) in [4.78, 5) is 14.3. The van der Waals surface area contributed by atoms with E-state index in [4.69, 9.17) is 18.0 Å². The van der Waals surface area contributed by atoms with Crippen molar-refractivity contribution in [3.8, 4) is 0 Å². The summed E-state index contributed by atoms with van der Waals surface area (Å²) < 4.78 is 0. The first kappa shape index (κ1) is 12.4. The lowest BCUT2D eigenvalue weighted by molar-refractivity contribution is -0.135. The van der Waals surface area contributed by atoms with Gasteiger partial charge in [-0.15, -0.1) is 0 Å². The summed E-state index contributed by atoms with van der Waals surface area (Å²) in [5.74, 6) is 0.724. The average molecular weight is 228 g/mol. The van der Waals surface area contributed by atoms with Crippen LogP contribution < -0.4 is 5.73 Å². The Bertz CT molecular complexity index is 276. The van der Waals surface area contributed by atoms with Gasteiger partial charge in [0.25, 0.3) is 0 Å². The summed E-state index contributed by atoms with van der Waals surface area (Å²) >= 11 is 4.93. The summed E-state index contributed by atoms with van der Waals surface area (Å²) in [5.41, 5.74) is 4.89. The van der Waals surface area contributed by atoms with Crippen molar-refractivity contribution in [1.82, 2.24) is 4.90 Å². The summed E-state index contributed by atoms with van der Waals surface area (Å²) in [6.07, 6.45) is 2.24. The Labute approximate surface area is 97.0 Å². The number of amides is 1. The van der Waals surface area contributed by atoms with Crippen LogP contribution in [-0.2, 0) is 4.79 Å². The predicted molar refractivity (Wildman–Crippen MR) is 65.5 cm³/mol. The normalized spacial score (nSPS) is 21.8. The fraction of sp³-hybridized carbons (Fsp3) is 0.818. The molecule has 0 aromatic heterocycles. The molecule has 15 heavy (non-hydrogen) atoms. The van der Waals surface area contributed by atoms with E-state index in [0.717, 1.165) is 25.9 Å². The SMILES string of the molecule is CCC1CCN(C(=O)C(C)(C)C(N)=S)C1. The monoisotopic (exact) mass is 228 g/mol. The number of nitrogens with two attached hydrogens (primary N) is 1. The molecule has 1 atom stereocenters. The van der Waals surface area contributed by atoms with Crippen molar-refractivity contribution >= 4 is 23.1 Å².